The molecular weight excluding hydrogens is 372 g/mol. The molecule has 0 saturated carbocycles. The van der Waals surface area contributed by atoms with Gasteiger partial charge in [0.1, 0.15) is 6.07 Å². The van der Waals surface area contributed by atoms with Crippen molar-refractivity contribution in [2.75, 3.05) is 6.61 Å². The molecule has 0 aliphatic heterocycles. The van der Waals surface area contributed by atoms with Gasteiger partial charge in [-0.25, -0.2) is 8.42 Å². The highest BCUT2D eigenvalue weighted by molar-refractivity contribution is 7.91. The van der Waals surface area contributed by atoms with Gasteiger partial charge in [-0.2, -0.15) is 5.26 Å². The van der Waals surface area contributed by atoms with E-state index in [-0.39, 0.29) is 16.4 Å². The second kappa shape index (κ2) is 8.01. The van der Waals surface area contributed by atoms with Crippen molar-refractivity contribution in [2.45, 2.75) is 36.6 Å². The van der Waals surface area contributed by atoms with Gasteiger partial charge in [-0.3, -0.25) is 0 Å². The minimum absolute atomic E-state index is 0.0281. The number of sulfone groups is 1. The molecule has 5 nitrogen and oxygen atoms in total. The maximum atomic E-state index is 13.2. The average Bonchev–Trinajstić information content (AvgIpc) is 2.93. The number of aliphatic hydroxyl groups is 1. The van der Waals surface area contributed by atoms with Gasteiger partial charge in [-0.1, -0.05) is 36.4 Å². The largest absolute Gasteiger partial charge is 0.395 e. The smallest absolute Gasteiger partial charge is 0.206 e. The van der Waals surface area contributed by atoms with Crippen LogP contribution in [0.3, 0.4) is 0 Å². The van der Waals surface area contributed by atoms with Crippen molar-refractivity contribution in [3.63, 3.8) is 0 Å². The first-order chi connectivity index (χ1) is 13.4. The van der Waals surface area contributed by atoms with Crippen molar-refractivity contribution >= 4 is 9.84 Å². The fourth-order valence-corrected chi connectivity index (χ4v) is 5.09. The highest BCUT2D eigenvalue weighted by Gasteiger charge is 2.23. The highest BCUT2D eigenvalue weighted by Crippen LogP contribution is 2.29. The van der Waals surface area contributed by atoms with Crippen LogP contribution in [0.2, 0.25) is 0 Å². The highest BCUT2D eigenvalue weighted by atomic mass is 32.2. The second-order valence-electron chi connectivity index (χ2n) is 6.61. The summed E-state index contributed by atoms with van der Waals surface area (Å²) in [6.45, 7) is 4.11. The third kappa shape index (κ3) is 3.47. The van der Waals surface area contributed by atoms with Gasteiger partial charge in [0.05, 0.1) is 22.0 Å². The van der Waals surface area contributed by atoms with Crippen LogP contribution in [0.1, 0.15) is 28.1 Å². The number of hydrogen-bond acceptors (Lipinski definition) is 4. The van der Waals surface area contributed by atoms with E-state index in [1.165, 1.54) is 0 Å². The molecule has 0 aliphatic rings. The monoisotopic (exact) mass is 394 g/mol. The van der Waals surface area contributed by atoms with Gasteiger partial charge in [-0.05, 0) is 43.2 Å². The summed E-state index contributed by atoms with van der Waals surface area (Å²) < 4.78 is 28.2. The van der Waals surface area contributed by atoms with Gasteiger partial charge in [-0.15, -0.1) is 0 Å². The first-order valence-electron chi connectivity index (χ1n) is 8.99. The number of benzene rings is 2. The molecule has 0 bridgehead atoms. The fraction of sp³-hybridized carbons (Fsp3) is 0.227. The Morgan fingerprint density at radius 3 is 2.29 bits per heavy atom. The second-order valence-corrected chi connectivity index (χ2v) is 8.53. The predicted molar refractivity (Wildman–Crippen MR) is 107 cm³/mol. The summed E-state index contributed by atoms with van der Waals surface area (Å²) >= 11 is 0. The van der Waals surface area contributed by atoms with Gasteiger partial charge in [0.25, 0.3) is 0 Å². The zero-order valence-electron chi connectivity index (χ0n) is 15.9. The minimum Gasteiger partial charge on any atom is -0.395 e. The molecule has 1 N–H and O–H groups in total. The molecule has 3 rings (SSSR count). The van der Waals surface area contributed by atoms with E-state index >= 15 is 0 Å². The van der Waals surface area contributed by atoms with Crippen molar-refractivity contribution in [3.05, 3.63) is 82.7 Å². The summed E-state index contributed by atoms with van der Waals surface area (Å²) in [5.74, 6) is 0. The van der Waals surface area contributed by atoms with E-state index in [4.69, 9.17) is 0 Å². The molecule has 0 radical (unpaired) electrons. The molecule has 1 aromatic heterocycles. The third-order valence-electron chi connectivity index (χ3n) is 5.03. The van der Waals surface area contributed by atoms with Crippen molar-refractivity contribution in [3.8, 4) is 6.07 Å². The third-order valence-corrected chi connectivity index (χ3v) is 6.90. The van der Waals surface area contributed by atoms with Crippen LogP contribution < -0.4 is 0 Å². The summed E-state index contributed by atoms with van der Waals surface area (Å²) in [4.78, 5) is 0.491. The van der Waals surface area contributed by atoms with Crippen LogP contribution in [0.25, 0.3) is 0 Å². The standard InChI is InChI=1S/C22H22N2O3S/c1-16-20(21(15-23)17(2)24(16)12-13-25)14-18-8-6-7-11-22(18)28(26,27)19-9-4-3-5-10-19/h3-11,25H,12-14H2,1-2H3. The Bertz CT molecular complexity index is 1140. The van der Waals surface area contributed by atoms with Gasteiger partial charge >= 0.3 is 0 Å². The maximum absolute atomic E-state index is 13.2. The Morgan fingerprint density at radius 1 is 1.00 bits per heavy atom. The number of rotatable bonds is 6. The van der Waals surface area contributed by atoms with Gasteiger partial charge in [0.2, 0.25) is 9.84 Å². The lowest BCUT2D eigenvalue weighted by atomic mass is 10.0. The molecule has 3 aromatic rings. The molecule has 0 saturated heterocycles. The predicted octanol–water partition coefficient (Wildman–Crippen LogP) is 3.39. The summed E-state index contributed by atoms with van der Waals surface area (Å²) in [6, 6.07) is 17.5. The first-order valence-corrected chi connectivity index (χ1v) is 10.5. The van der Waals surface area contributed by atoms with Gasteiger partial charge in [0.15, 0.2) is 0 Å². The van der Waals surface area contributed by atoms with E-state index in [0.29, 0.717) is 24.1 Å². The van der Waals surface area contributed by atoms with E-state index in [9.17, 15) is 18.8 Å². The normalized spacial score (nSPS) is 11.4. The summed E-state index contributed by atoms with van der Waals surface area (Å²) in [5.41, 5.74) is 3.64. The lowest BCUT2D eigenvalue weighted by Crippen LogP contribution is -2.08. The van der Waals surface area contributed by atoms with Crippen LogP contribution in [0.15, 0.2) is 64.4 Å². The molecule has 28 heavy (non-hydrogen) atoms. The van der Waals surface area contributed by atoms with Crippen molar-refractivity contribution in [2.24, 2.45) is 0 Å². The molecule has 144 valence electrons. The number of aromatic nitrogens is 1. The zero-order chi connectivity index (χ0) is 20.3. The summed E-state index contributed by atoms with van der Waals surface area (Å²) in [7, 11) is -3.67. The van der Waals surface area contributed by atoms with E-state index < -0.39 is 9.84 Å². The number of aliphatic hydroxyl groups excluding tert-OH is 1. The van der Waals surface area contributed by atoms with Crippen molar-refractivity contribution in [1.29, 1.82) is 5.26 Å². The Balaban J connectivity index is 2.12. The van der Waals surface area contributed by atoms with E-state index in [2.05, 4.69) is 6.07 Å². The van der Waals surface area contributed by atoms with Gasteiger partial charge < -0.3 is 9.67 Å². The molecule has 0 spiro atoms. The lowest BCUT2D eigenvalue weighted by Gasteiger charge is -2.12. The molecular formula is C22H22N2O3S. The molecule has 0 amide bonds. The van der Waals surface area contributed by atoms with Gasteiger partial charge in [0, 0.05) is 24.4 Å². The Kier molecular flexibility index (Phi) is 5.68. The van der Waals surface area contributed by atoms with E-state index in [0.717, 1.165) is 17.0 Å². The molecule has 0 atom stereocenters. The van der Waals surface area contributed by atoms with Crippen LogP contribution in [-0.2, 0) is 22.8 Å². The fourth-order valence-electron chi connectivity index (χ4n) is 3.58. The Labute approximate surface area is 165 Å². The topological polar surface area (TPSA) is 83.1 Å². The number of nitriles is 1. The number of hydrogen-bond donors (Lipinski definition) is 1. The van der Waals surface area contributed by atoms with Crippen LogP contribution in [0.4, 0.5) is 0 Å². The Morgan fingerprint density at radius 2 is 1.64 bits per heavy atom. The molecule has 0 aliphatic carbocycles. The molecule has 6 heteroatoms. The van der Waals surface area contributed by atoms with Crippen LogP contribution in [-0.4, -0.2) is 24.7 Å². The van der Waals surface area contributed by atoms with Crippen molar-refractivity contribution in [1.82, 2.24) is 4.57 Å². The molecule has 0 fully saturated rings. The lowest BCUT2D eigenvalue weighted by molar-refractivity contribution is 0.274. The van der Waals surface area contributed by atoms with Crippen LogP contribution in [0, 0.1) is 25.2 Å². The molecule has 2 aromatic carbocycles. The van der Waals surface area contributed by atoms with E-state index in [1.54, 1.807) is 54.6 Å². The summed E-state index contributed by atoms with van der Waals surface area (Å²) in [6.07, 6.45) is 0.330. The first kappa shape index (κ1) is 19.9. The average molecular weight is 394 g/mol. The Hall–Kier alpha value is -2.88. The van der Waals surface area contributed by atoms with E-state index in [1.807, 2.05) is 18.4 Å². The zero-order valence-corrected chi connectivity index (χ0v) is 16.7. The minimum atomic E-state index is -3.67. The molecule has 1 heterocycles. The summed E-state index contributed by atoms with van der Waals surface area (Å²) in [5, 5.41) is 19.0. The molecule has 0 unspecified atom stereocenters. The maximum Gasteiger partial charge on any atom is 0.206 e. The van der Waals surface area contributed by atoms with Crippen LogP contribution >= 0.6 is 0 Å². The van der Waals surface area contributed by atoms with Crippen molar-refractivity contribution < 1.29 is 13.5 Å². The van der Waals surface area contributed by atoms with Crippen LogP contribution in [0.5, 0.6) is 0 Å². The number of nitrogens with zero attached hydrogens (tertiary/aromatic N) is 2. The SMILES string of the molecule is Cc1c(C#N)c(Cc2ccccc2S(=O)(=O)c2ccccc2)c(C)n1CCO. The quantitative estimate of drug-likeness (QED) is 0.695.